The van der Waals surface area contributed by atoms with Crippen LogP contribution in [0.25, 0.3) is 0 Å². The van der Waals surface area contributed by atoms with Gasteiger partial charge in [-0.3, -0.25) is 4.79 Å². The van der Waals surface area contributed by atoms with Crippen LogP contribution in [0.3, 0.4) is 0 Å². The molecular formula is C23H29N5O4S. The smallest absolute Gasteiger partial charge is 0.243 e. The Morgan fingerprint density at radius 1 is 1.12 bits per heavy atom. The maximum atomic E-state index is 13.7. The van der Waals surface area contributed by atoms with Gasteiger partial charge in [0.25, 0.3) is 0 Å². The minimum absolute atomic E-state index is 0.00186. The monoisotopic (exact) mass is 471 g/mol. The van der Waals surface area contributed by atoms with E-state index >= 15 is 0 Å². The van der Waals surface area contributed by atoms with E-state index in [1.807, 2.05) is 4.68 Å². The molecule has 1 aromatic carbocycles. The number of nitrogens with one attached hydrogen (secondary N) is 1. The molecule has 4 saturated carbocycles. The molecule has 4 aliphatic carbocycles. The lowest BCUT2D eigenvalue weighted by Gasteiger charge is -2.60. The number of carbonyl (C=O) groups excluding carboxylic acids is 1. The molecule has 33 heavy (non-hydrogen) atoms. The van der Waals surface area contributed by atoms with Gasteiger partial charge in [-0.2, -0.15) is 9.40 Å². The van der Waals surface area contributed by atoms with E-state index in [1.165, 1.54) is 10.7 Å². The van der Waals surface area contributed by atoms with Gasteiger partial charge in [-0.05, 0) is 68.6 Å². The summed E-state index contributed by atoms with van der Waals surface area (Å²) in [6.07, 6.45) is 9.18. The van der Waals surface area contributed by atoms with Gasteiger partial charge in [0.1, 0.15) is 12.7 Å². The zero-order valence-corrected chi connectivity index (χ0v) is 19.3. The minimum Gasteiger partial charge on any atom is -0.379 e. The molecule has 1 saturated heterocycles. The number of aromatic nitrogens is 3. The number of nitrogens with zero attached hydrogens (tertiary/aromatic N) is 4. The number of amides is 1. The van der Waals surface area contributed by atoms with Crippen molar-refractivity contribution in [2.24, 2.45) is 17.3 Å². The quantitative estimate of drug-likeness (QED) is 0.717. The first-order valence-corrected chi connectivity index (χ1v) is 13.2. The zero-order valence-electron chi connectivity index (χ0n) is 18.5. The fraction of sp³-hybridized carbons (Fsp3) is 0.609. The summed E-state index contributed by atoms with van der Waals surface area (Å²) in [4.78, 5) is 18.1. The normalized spacial score (nSPS) is 33.8. The maximum Gasteiger partial charge on any atom is 0.243 e. The third-order valence-corrected chi connectivity index (χ3v) is 10.0. The molecule has 5 aliphatic rings. The summed E-state index contributed by atoms with van der Waals surface area (Å²) in [5.74, 6) is 1.02. The Balaban J connectivity index is 1.26. The zero-order chi connectivity index (χ0) is 22.7. The molecule has 1 amide bonds. The highest BCUT2D eigenvalue weighted by Gasteiger charge is 2.61. The van der Waals surface area contributed by atoms with E-state index in [0.717, 1.165) is 32.1 Å². The summed E-state index contributed by atoms with van der Waals surface area (Å²) in [7, 11) is -3.62. The molecule has 1 N–H and O–H groups in total. The molecule has 0 radical (unpaired) electrons. The number of ether oxygens (including phenoxy) is 1. The van der Waals surface area contributed by atoms with Gasteiger partial charge in [0, 0.05) is 18.8 Å². The van der Waals surface area contributed by atoms with Gasteiger partial charge in [0.15, 0.2) is 0 Å². The Morgan fingerprint density at radius 3 is 2.58 bits per heavy atom. The van der Waals surface area contributed by atoms with Crippen molar-refractivity contribution in [2.75, 3.05) is 31.6 Å². The highest BCUT2D eigenvalue weighted by atomic mass is 32.2. The van der Waals surface area contributed by atoms with Crippen molar-refractivity contribution in [1.82, 2.24) is 19.1 Å². The van der Waals surface area contributed by atoms with E-state index < -0.39 is 15.4 Å². The lowest BCUT2D eigenvalue weighted by molar-refractivity contribution is -0.150. The SMILES string of the molecule is O=C(Nc1cccc(S(=O)(=O)N2CCOCC2)c1)C12CC3CC(C1)CC(n1cncn1)(C3)C2. The first-order chi connectivity index (χ1) is 15.9. The van der Waals surface area contributed by atoms with Gasteiger partial charge >= 0.3 is 0 Å². The molecule has 2 heterocycles. The molecule has 7 rings (SSSR count). The Morgan fingerprint density at radius 2 is 1.88 bits per heavy atom. The predicted molar refractivity (Wildman–Crippen MR) is 120 cm³/mol. The summed E-state index contributed by atoms with van der Waals surface area (Å²) in [5, 5.41) is 7.54. The van der Waals surface area contributed by atoms with Crippen LogP contribution in [0.5, 0.6) is 0 Å². The van der Waals surface area contributed by atoms with E-state index in [0.29, 0.717) is 43.8 Å². The summed E-state index contributed by atoms with van der Waals surface area (Å²) >= 11 is 0. The molecule has 2 unspecified atom stereocenters. The van der Waals surface area contributed by atoms with Gasteiger partial charge in [-0.25, -0.2) is 18.1 Å². The van der Waals surface area contributed by atoms with Crippen molar-refractivity contribution in [3.63, 3.8) is 0 Å². The number of hydrogen-bond acceptors (Lipinski definition) is 6. The molecule has 176 valence electrons. The molecule has 2 aromatic rings. The summed E-state index contributed by atoms with van der Waals surface area (Å²) in [6, 6.07) is 6.63. The largest absolute Gasteiger partial charge is 0.379 e. The topological polar surface area (TPSA) is 106 Å². The molecule has 9 nitrogen and oxygen atoms in total. The van der Waals surface area contributed by atoms with E-state index in [1.54, 1.807) is 36.9 Å². The highest BCUT2D eigenvalue weighted by Crippen LogP contribution is 2.64. The summed E-state index contributed by atoms with van der Waals surface area (Å²) < 4.78 is 34.8. The first-order valence-electron chi connectivity index (χ1n) is 11.7. The predicted octanol–water partition coefficient (Wildman–Crippen LogP) is 2.23. The van der Waals surface area contributed by atoms with Crippen LogP contribution in [0.1, 0.15) is 38.5 Å². The first kappa shape index (κ1) is 21.2. The average molecular weight is 472 g/mol. The van der Waals surface area contributed by atoms with Crippen LogP contribution in [-0.4, -0.2) is 59.7 Å². The summed E-state index contributed by atoms with van der Waals surface area (Å²) in [5.41, 5.74) is -0.0611. The number of morpholine rings is 1. The average Bonchev–Trinajstić information content (AvgIpc) is 3.35. The molecule has 2 atom stereocenters. The number of sulfonamides is 1. The Kier molecular flexibility index (Phi) is 4.90. The number of rotatable bonds is 5. The van der Waals surface area contributed by atoms with Gasteiger partial charge in [-0.1, -0.05) is 6.07 Å². The minimum atomic E-state index is -3.62. The van der Waals surface area contributed by atoms with Gasteiger partial charge in [0.2, 0.25) is 15.9 Å². The number of benzene rings is 1. The van der Waals surface area contributed by atoms with E-state index in [4.69, 9.17) is 4.74 Å². The van der Waals surface area contributed by atoms with Crippen LogP contribution in [0.15, 0.2) is 41.8 Å². The number of hydrogen-bond donors (Lipinski definition) is 1. The fourth-order valence-electron chi connectivity index (χ4n) is 7.14. The number of anilines is 1. The van der Waals surface area contributed by atoms with Crippen molar-refractivity contribution in [1.29, 1.82) is 0 Å². The number of carbonyl (C=O) groups is 1. The van der Waals surface area contributed by atoms with Crippen molar-refractivity contribution >= 4 is 21.6 Å². The van der Waals surface area contributed by atoms with E-state index in [2.05, 4.69) is 15.4 Å². The molecule has 5 fully saturated rings. The van der Waals surface area contributed by atoms with Crippen molar-refractivity contribution in [2.45, 2.75) is 49.0 Å². The van der Waals surface area contributed by atoms with Crippen LogP contribution in [-0.2, 0) is 25.1 Å². The van der Waals surface area contributed by atoms with Crippen LogP contribution in [0, 0.1) is 17.3 Å². The standard InChI is InChI=1S/C23H29N5O4S/c29-21(26-19-2-1-3-20(9-19)33(30,31)27-4-6-32-7-5-27)22-10-17-8-18(11-22)13-23(12-17,14-22)28-16-24-15-25-28/h1-3,9,15-18H,4-8,10-14H2,(H,26,29). The van der Waals surface area contributed by atoms with E-state index in [9.17, 15) is 13.2 Å². The van der Waals surface area contributed by atoms with Crippen LogP contribution in [0.2, 0.25) is 0 Å². The molecule has 1 aliphatic heterocycles. The molecular weight excluding hydrogens is 442 g/mol. The van der Waals surface area contributed by atoms with Crippen LogP contribution in [0.4, 0.5) is 5.69 Å². The summed E-state index contributed by atoms with van der Waals surface area (Å²) in [6.45, 7) is 1.48. The van der Waals surface area contributed by atoms with Crippen LogP contribution >= 0.6 is 0 Å². The second-order valence-electron chi connectivity index (χ2n) is 10.3. The molecule has 1 aromatic heterocycles. The Labute approximate surface area is 193 Å². The van der Waals surface area contributed by atoms with Gasteiger partial charge in [0.05, 0.1) is 29.1 Å². The third kappa shape index (κ3) is 3.50. The third-order valence-electron chi connectivity index (χ3n) is 8.12. The van der Waals surface area contributed by atoms with Crippen molar-refractivity contribution in [3.8, 4) is 0 Å². The fourth-order valence-corrected chi connectivity index (χ4v) is 8.59. The second-order valence-corrected chi connectivity index (χ2v) is 12.2. The van der Waals surface area contributed by atoms with Gasteiger partial charge < -0.3 is 10.1 Å². The van der Waals surface area contributed by atoms with Crippen molar-refractivity contribution < 1.29 is 17.9 Å². The lowest BCUT2D eigenvalue weighted by atomic mass is 9.46. The second kappa shape index (κ2) is 7.61. The highest BCUT2D eigenvalue weighted by molar-refractivity contribution is 7.89. The van der Waals surface area contributed by atoms with Crippen molar-refractivity contribution in [3.05, 3.63) is 36.9 Å². The van der Waals surface area contributed by atoms with Crippen LogP contribution < -0.4 is 5.32 Å². The lowest BCUT2D eigenvalue weighted by Crippen LogP contribution is -2.60. The molecule has 10 heteroatoms. The Hall–Kier alpha value is -2.30. The van der Waals surface area contributed by atoms with Gasteiger partial charge in [-0.15, -0.1) is 0 Å². The molecule has 4 bridgehead atoms. The van der Waals surface area contributed by atoms with E-state index in [-0.39, 0.29) is 16.3 Å². The molecule has 0 spiro atoms. The maximum absolute atomic E-state index is 13.7. The Bertz CT molecular complexity index is 1150.